The number of ether oxygens (including phenoxy) is 2. The Hall–Kier alpha value is -1.51. The topological polar surface area (TPSA) is 35.5 Å². The smallest absolute Gasteiger partial charge is 0.298 e. The first-order valence-corrected chi connectivity index (χ1v) is 5.20. The minimum atomic E-state index is 0.414. The van der Waals surface area contributed by atoms with E-state index in [0.29, 0.717) is 12.2 Å². The van der Waals surface area contributed by atoms with Crippen LogP contribution in [0.15, 0.2) is 24.3 Å². The van der Waals surface area contributed by atoms with E-state index in [1.165, 1.54) is 12.8 Å². The molecular formula is C12H16O3. The van der Waals surface area contributed by atoms with Crippen LogP contribution in [-0.4, -0.2) is 13.1 Å². The number of benzene rings is 1. The molecule has 0 bridgehead atoms. The van der Waals surface area contributed by atoms with E-state index in [1.54, 1.807) is 24.3 Å². The minimum Gasteiger partial charge on any atom is -0.494 e. The van der Waals surface area contributed by atoms with Gasteiger partial charge in [-0.2, -0.15) is 0 Å². The Bertz CT molecular complexity index is 279. The van der Waals surface area contributed by atoms with Crippen LogP contribution in [-0.2, 0) is 4.79 Å². The van der Waals surface area contributed by atoms with Gasteiger partial charge in [-0.3, -0.25) is 4.79 Å². The van der Waals surface area contributed by atoms with Gasteiger partial charge in [-0.1, -0.05) is 19.8 Å². The van der Waals surface area contributed by atoms with Gasteiger partial charge in [0.15, 0.2) is 0 Å². The maximum atomic E-state index is 10.0. The Kier molecular flexibility index (Phi) is 5.30. The first-order chi connectivity index (χ1) is 7.36. The van der Waals surface area contributed by atoms with Gasteiger partial charge in [0.25, 0.3) is 6.47 Å². The monoisotopic (exact) mass is 208 g/mol. The number of unbranched alkanes of at least 4 members (excludes halogenated alkanes) is 2. The van der Waals surface area contributed by atoms with Crippen molar-refractivity contribution in [3.63, 3.8) is 0 Å². The Balaban J connectivity index is 2.32. The second-order valence-electron chi connectivity index (χ2n) is 3.24. The number of rotatable bonds is 7. The number of hydrogen-bond acceptors (Lipinski definition) is 3. The molecule has 0 radical (unpaired) electrons. The molecule has 3 heteroatoms. The van der Waals surface area contributed by atoms with Crippen LogP contribution in [0.25, 0.3) is 0 Å². The Morgan fingerprint density at radius 2 is 1.80 bits per heavy atom. The van der Waals surface area contributed by atoms with Crippen molar-refractivity contribution < 1.29 is 14.3 Å². The van der Waals surface area contributed by atoms with Crippen LogP contribution in [0.4, 0.5) is 0 Å². The lowest BCUT2D eigenvalue weighted by Gasteiger charge is -2.05. The summed E-state index contributed by atoms with van der Waals surface area (Å²) in [6.45, 7) is 3.31. The largest absolute Gasteiger partial charge is 0.494 e. The molecule has 1 rings (SSSR count). The molecule has 0 heterocycles. The van der Waals surface area contributed by atoms with Gasteiger partial charge in [0, 0.05) is 0 Å². The fraction of sp³-hybridized carbons (Fsp3) is 0.417. The zero-order chi connectivity index (χ0) is 10.9. The van der Waals surface area contributed by atoms with E-state index in [9.17, 15) is 4.79 Å². The van der Waals surface area contributed by atoms with E-state index >= 15 is 0 Å². The normalized spacial score (nSPS) is 9.67. The summed E-state index contributed by atoms with van der Waals surface area (Å²) in [5.74, 6) is 1.34. The number of hydrogen-bond donors (Lipinski definition) is 0. The van der Waals surface area contributed by atoms with Crippen LogP contribution < -0.4 is 9.47 Å². The van der Waals surface area contributed by atoms with Gasteiger partial charge >= 0.3 is 0 Å². The van der Waals surface area contributed by atoms with Crippen molar-refractivity contribution in [2.24, 2.45) is 0 Å². The van der Waals surface area contributed by atoms with Crippen LogP contribution in [0.3, 0.4) is 0 Å². The molecule has 0 atom stereocenters. The first-order valence-electron chi connectivity index (χ1n) is 5.20. The minimum absolute atomic E-state index is 0.414. The molecule has 0 unspecified atom stereocenters. The predicted molar refractivity (Wildman–Crippen MR) is 58.2 cm³/mol. The summed E-state index contributed by atoms with van der Waals surface area (Å²) in [4.78, 5) is 10.0. The van der Waals surface area contributed by atoms with Crippen LogP contribution in [0.5, 0.6) is 11.5 Å². The van der Waals surface area contributed by atoms with E-state index in [4.69, 9.17) is 4.74 Å². The molecule has 0 aromatic heterocycles. The lowest BCUT2D eigenvalue weighted by molar-refractivity contribution is -0.120. The van der Waals surface area contributed by atoms with Gasteiger partial charge in [-0.05, 0) is 30.7 Å². The molecule has 82 valence electrons. The second-order valence-corrected chi connectivity index (χ2v) is 3.24. The SMILES string of the molecule is CCCCCOc1ccc(OC=O)cc1. The third-order valence-electron chi connectivity index (χ3n) is 2.02. The molecule has 15 heavy (non-hydrogen) atoms. The van der Waals surface area contributed by atoms with Gasteiger partial charge in [-0.25, -0.2) is 0 Å². The lowest BCUT2D eigenvalue weighted by Crippen LogP contribution is -1.97. The molecule has 0 amide bonds. The zero-order valence-electron chi connectivity index (χ0n) is 8.94. The molecule has 0 aliphatic heterocycles. The molecule has 0 N–H and O–H groups in total. The number of carbonyl (C=O) groups excluding carboxylic acids is 1. The molecular weight excluding hydrogens is 192 g/mol. The van der Waals surface area contributed by atoms with Gasteiger partial charge in [0.2, 0.25) is 0 Å². The van der Waals surface area contributed by atoms with E-state index in [-0.39, 0.29) is 0 Å². The zero-order valence-corrected chi connectivity index (χ0v) is 8.94. The Morgan fingerprint density at radius 1 is 1.13 bits per heavy atom. The third kappa shape index (κ3) is 4.49. The standard InChI is InChI=1S/C12H16O3/c1-2-3-4-9-14-11-5-7-12(8-6-11)15-10-13/h5-8,10H,2-4,9H2,1H3. The quantitative estimate of drug-likeness (QED) is 0.510. The van der Waals surface area contributed by atoms with Crippen molar-refractivity contribution in [3.05, 3.63) is 24.3 Å². The van der Waals surface area contributed by atoms with Crippen LogP contribution in [0, 0.1) is 0 Å². The summed E-state index contributed by atoms with van der Waals surface area (Å²) >= 11 is 0. The van der Waals surface area contributed by atoms with E-state index in [2.05, 4.69) is 11.7 Å². The van der Waals surface area contributed by atoms with Crippen molar-refractivity contribution in [2.75, 3.05) is 6.61 Å². The predicted octanol–water partition coefficient (Wildman–Crippen LogP) is 2.79. The summed E-state index contributed by atoms with van der Waals surface area (Å²) in [5.41, 5.74) is 0. The molecule has 0 fully saturated rings. The highest BCUT2D eigenvalue weighted by Crippen LogP contribution is 2.17. The third-order valence-corrected chi connectivity index (χ3v) is 2.02. The molecule has 1 aromatic carbocycles. The molecule has 3 nitrogen and oxygen atoms in total. The molecule has 1 aromatic rings. The molecule has 0 saturated carbocycles. The fourth-order valence-electron chi connectivity index (χ4n) is 1.21. The van der Waals surface area contributed by atoms with Crippen molar-refractivity contribution in [2.45, 2.75) is 26.2 Å². The van der Waals surface area contributed by atoms with Gasteiger partial charge in [0.05, 0.1) is 6.61 Å². The summed E-state index contributed by atoms with van der Waals surface area (Å²) < 4.78 is 10.2. The van der Waals surface area contributed by atoms with Crippen LogP contribution in [0.2, 0.25) is 0 Å². The van der Waals surface area contributed by atoms with Crippen LogP contribution >= 0.6 is 0 Å². The van der Waals surface area contributed by atoms with Crippen molar-refractivity contribution in [3.8, 4) is 11.5 Å². The van der Waals surface area contributed by atoms with Gasteiger partial charge < -0.3 is 9.47 Å². The fourth-order valence-corrected chi connectivity index (χ4v) is 1.21. The van der Waals surface area contributed by atoms with E-state index in [0.717, 1.165) is 18.8 Å². The van der Waals surface area contributed by atoms with Crippen molar-refractivity contribution in [1.29, 1.82) is 0 Å². The Morgan fingerprint density at radius 3 is 2.40 bits per heavy atom. The van der Waals surface area contributed by atoms with E-state index < -0.39 is 0 Å². The average molecular weight is 208 g/mol. The summed E-state index contributed by atoms with van der Waals surface area (Å²) in [7, 11) is 0. The summed E-state index contributed by atoms with van der Waals surface area (Å²) in [6.07, 6.45) is 3.45. The van der Waals surface area contributed by atoms with Crippen molar-refractivity contribution in [1.82, 2.24) is 0 Å². The maximum Gasteiger partial charge on any atom is 0.298 e. The summed E-state index contributed by atoms with van der Waals surface area (Å²) in [5, 5.41) is 0. The Labute approximate surface area is 90.0 Å². The van der Waals surface area contributed by atoms with Gasteiger partial charge in [-0.15, -0.1) is 0 Å². The molecule has 0 aliphatic rings. The first kappa shape index (κ1) is 11.6. The molecule has 0 aliphatic carbocycles. The average Bonchev–Trinajstić information content (AvgIpc) is 2.27. The van der Waals surface area contributed by atoms with Crippen molar-refractivity contribution >= 4 is 6.47 Å². The molecule has 0 saturated heterocycles. The second kappa shape index (κ2) is 6.87. The molecule has 0 spiro atoms. The lowest BCUT2D eigenvalue weighted by atomic mass is 10.3. The van der Waals surface area contributed by atoms with E-state index in [1.807, 2.05) is 0 Å². The maximum absolute atomic E-state index is 10.0. The van der Waals surface area contributed by atoms with Gasteiger partial charge in [0.1, 0.15) is 11.5 Å². The highest BCUT2D eigenvalue weighted by atomic mass is 16.5. The number of carbonyl (C=O) groups is 1. The highest BCUT2D eigenvalue weighted by molar-refractivity contribution is 5.45. The highest BCUT2D eigenvalue weighted by Gasteiger charge is 1.95. The van der Waals surface area contributed by atoms with Crippen LogP contribution in [0.1, 0.15) is 26.2 Å². The summed E-state index contributed by atoms with van der Waals surface area (Å²) in [6, 6.07) is 7.02.